The average Bonchev–Trinajstić information content (AvgIpc) is 2.28. The summed E-state index contributed by atoms with van der Waals surface area (Å²) in [7, 11) is 1.37. The second-order valence-corrected chi connectivity index (χ2v) is 4.06. The summed E-state index contributed by atoms with van der Waals surface area (Å²) in [4.78, 5) is 24.9. The van der Waals surface area contributed by atoms with Crippen LogP contribution >= 0.6 is 0 Å². The molecular weight excluding hydrogens is 206 g/mol. The summed E-state index contributed by atoms with van der Waals surface area (Å²) in [5.41, 5.74) is 0. The SMILES string of the molecule is CCN(CC)C(=O)C[C@@H](C)C(C)C(=O)OC. The van der Waals surface area contributed by atoms with Crippen molar-refractivity contribution in [3.05, 3.63) is 0 Å². The van der Waals surface area contributed by atoms with Crippen molar-refractivity contribution in [2.75, 3.05) is 20.2 Å². The summed E-state index contributed by atoms with van der Waals surface area (Å²) >= 11 is 0. The molecule has 16 heavy (non-hydrogen) atoms. The number of rotatable bonds is 6. The van der Waals surface area contributed by atoms with Gasteiger partial charge in [0.25, 0.3) is 0 Å². The molecule has 0 aromatic carbocycles. The minimum atomic E-state index is -0.250. The largest absolute Gasteiger partial charge is 0.469 e. The molecule has 0 bridgehead atoms. The highest BCUT2D eigenvalue weighted by atomic mass is 16.5. The van der Waals surface area contributed by atoms with E-state index in [1.54, 1.807) is 11.8 Å². The van der Waals surface area contributed by atoms with Gasteiger partial charge in [-0.2, -0.15) is 0 Å². The maximum atomic E-state index is 11.8. The molecule has 0 aromatic rings. The molecule has 4 heteroatoms. The van der Waals surface area contributed by atoms with Gasteiger partial charge in [0.2, 0.25) is 5.91 Å². The molecule has 0 spiro atoms. The molecule has 0 aromatic heterocycles. The molecule has 4 nitrogen and oxygen atoms in total. The standard InChI is InChI=1S/C12H23NO3/c1-6-13(7-2)11(14)8-9(3)10(4)12(15)16-5/h9-10H,6-8H2,1-5H3/t9-,10?/m1/s1. The van der Waals surface area contributed by atoms with Crippen molar-refractivity contribution >= 4 is 11.9 Å². The summed E-state index contributed by atoms with van der Waals surface area (Å²) in [6.45, 7) is 9.05. The van der Waals surface area contributed by atoms with Crippen LogP contribution in [0, 0.1) is 11.8 Å². The van der Waals surface area contributed by atoms with E-state index in [1.165, 1.54) is 7.11 Å². The van der Waals surface area contributed by atoms with Gasteiger partial charge in [-0.25, -0.2) is 0 Å². The minimum absolute atomic E-state index is 0.0144. The summed E-state index contributed by atoms with van der Waals surface area (Å²) in [6, 6.07) is 0. The minimum Gasteiger partial charge on any atom is -0.469 e. The molecule has 94 valence electrons. The van der Waals surface area contributed by atoms with E-state index in [9.17, 15) is 9.59 Å². The summed E-state index contributed by atoms with van der Waals surface area (Å²) in [5, 5.41) is 0. The van der Waals surface area contributed by atoms with Gasteiger partial charge in [-0.3, -0.25) is 9.59 Å². The number of nitrogens with zero attached hydrogens (tertiary/aromatic N) is 1. The highest BCUT2D eigenvalue weighted by molar-refractivity contribution is 5.78. The molecule has 0 aliphatic heterocycles. The molecule has 0 heterocycles. The quantitative estimate of drug-likeness (QED) is 0.651. The van der Waals surface area contributed by atoms with Gasteiger partial charge in [-0.1, -0.05) is 13.8 Å². The van der Waals surface area contributed by atoms with Gasteiger partial charge in [-0.05, 0) is 19.8 Å². The van der Waals surface area contributed by atoms with Crippen LogP contribution in [0.5, 0.6) is 0 Å². The van der Waals surface area contributed by atoms with Gasteiger partial charge in [0.05, 0.1) is 13.0 Å². The van der Waals surface area contributed by atoms with Crippen LogP contribution in [-0.2, 0) is 14.3 Å². The molecular formula is C12H23NO3. The molecule has 0 saturated carbocycles. The fourth-order valence-corrected chi connectivity index (χ4v) is 1.58. The van der Waals surface area contributed by atoms with Crippen molar-refractivity contribution < 1.29 is 14.3 Å². The van der Waals surface area contributed by atoms with Gasteiger partial charge in [0, 0.05) is 19.5 Å². The first-order valence-electron chi connectivity index (χ1n) is 5.83. The van der Waals surface area contributed by atoms with Crippen LogP contribution in [-0.4, -0.2) is 37.0 Å². The van der Waals surface area contributed by atoms with E-state index in [-0.39, 0.29) is 23.7 Å². The first-order valence-corrected chi connectivity index (χ1v) is 5.83. The molecule has 1 unspecified atom stereocenters. The summed E-state index contributed by atoms with van der Waals surface area (Å²) < 4.78 is 4.66. The first kappa shape index (κ1) is 14.9. The Bertz CT molecular complexity index is 236. The Morgan fingerprint density at radius 3 is 2.06 bits per heavy atom. The molecule has 0 rings (SSSR count). The van der Waals surface area contributed by atoms with Crippen LogP contribution in [0.15, 0.2) is 0 Å². The maximum Gasteiger partial charge on any atom is 0.308 e. The molecule has 0 aliphatic rings. The van der Waals surface area contributed by atoms with E-state index in [0.717, 1.165) is 0 Å². The average molecular weight is 229 g/mol. The van der Waals surface area contributed by atoms with Gasteiger partial charge in [0.15, 0.2) is 0 Å². The van der Waals surface area contributed by atoms with Gasteiger partial charge in [0.1, 0.15) is 0 Å². The highest BCUT2D eigenvalue weighted by Gasteiger charge is 2.24. The second-order valence-electron chi connectivity index (χ2n) is 4.06. The third-order valence-electron chi connectivity index (χ3n) is 3.04. The third kappa shape index (κ3) is 4.21. The van der Waals surface area contributed by atoms with Crippen molar-refractivity contribution in [3.63, 3.8) is 0 Å². The number of esters is 1. The Morgan fingerprint density at radius 2 is 1.69 bits per heavy atom. The predicted molar refractivity (Wildman–Crippen MR) is 62.9 cm³/mol. The summed E-state index contributed by atoms with van der Waals surface area (Å²) in [5.74, 6) is -0.363. The Kier molecular flexibility index (Phi) is 6.77. The van der Waals surface area contributed by atoms with Crippen LogP contribution in [0.3, 0.4) is 0 Å². The molecule has 0 aliphatic carbocycles. The molecule has 0 saturated heterocycles. The Morgan fingerprint density at radius 1 is 1.19 bits per heavy atom. The van der Waals surface area contributed by atoms with Crippen LogP contribution < -0.4 is 0 Å². The topological polar surface area (TPSA) is 46.6 Å². The molecule has 2 atom stereocenters. The van der Waals surface area contributed by atoms with Gasteiger partial charge >= 0.3 is 5.97 Å². The molecule has 0 N–H and O–H groups in total. The van der Waals surface area contributed by atoms with E-state index in [2.05, 4.69) is 4.74 Å². The second kappa shape index (κ2) is 7.25. The van der Waals surface area contributed by atoms with Crippen molar-refractivity contribution in [1.82, 2.24) is 4.90 Å². The zero-order valence-electron chi connectivity index (χ0n) is 10.9. The number of hydrogen-bond acceptors (Lipinski definition) is 3. The van der Waals surface area contributed by atoms with E-state index in [4.69, 9.17) is 0 Å². The summed E-state index contributed by atoms with van der Waals surface area (Å²) in [6.07, 6.45) is 0.401. The first-order chi connectivity index (χ1) is 7.47. The Balaban J connectivity index is 4.27. The predicted octanol–water partition coefficient (Wildman–Crippen LogP) is 1.69. The lowest BCUT2D eigenvalue weighted by atomic mass is 9.92. The maximum absolute atomic E-state index is 11.8. The molecule has 1 amide bonds. The smallest absolute Gasteiger partial charge is 0.308 e. The van der Waals surface area contributed by atoms with E-state index >= 15 is 0 Å². The number of ether oxygens (including phenoxy) is 1. The lowest BCUT2D eigenvalue weighted by molar-refractivity contribution is -0.147. The lowest BCUT2D eigenvalue weighted by Gasteiger charge is -2.23. The van der Waals surface area contributed by atoms with Crippen LogP contribution in [0.25, 0.3) is 0 Å². The Labute approximate surface area is 98.0 Å². The van der Waals surface area contributed by atoms with E-state index in [0.29, 0.717) is 19.5 Å². The fraction of sp³-hybridized carbons (Fsp3) is 0.833. The number of carbonyl (C=O) groups is 2. The Hall–Kier alpha value is -1.06. The number of amides is 1. The number of carbonyl (C=O) groups excluding carboxylic acids is 2. The highest BCUT2D eigenvalue weighted by Crippen LogP contribution is 2.17. The lowest BCUT2D eigenvalue weighted by Crippen LogP contribution is -2.33. The van der Waals surface area contributed by atoms with Crippen molar-refractivity contribution in [2.45, 2.75) is 34.1 Å². The van der Waals surface area contributed by atoms with Crippen LogP contribution in [0.1, 0.15) is 34.1 Å². The van der Waals surface area contributed by atoms with Crippen molar-refractivity contribution in [1.29, 1.82) is 0 Å². The van der Waals surface area contributed by atoms with Crippen LogP contribution in [0.2, 0.25) is 0 Å². The van der Waals surface area contributed by atoms with Gasteiger partial charge in [-0.15, -0.1) is 0 Å². The van der Waals surface area contributed by atoms with Crippen LogP contribution in [0.4, 0.5) is 0 Å². The number of methoxy groups -OCH3 is 1. The molecule has 0 radical (unpaired) electrons. The third-order valence-corrected chi connectivity index (χ3v) is 3.04. The van der Waals surface area contributed by atoms with Gasteiger partial charge < -0.3 is 9.64 Å². The monoisotopic (exact) mass is 229 g/mol. The van der Waals surface area contributed by atoms with Crippen molar-refractivity contribution in [2.24, 2.45) is 11.8 Å². The zero-order valence-corrected chi connectivity index (χ0v) is 10.9. The van der Waals surface area contributed by atoms with E-state index in [1.807, 2.05) is 20.8 Å². The zero-order chi connectivity index (χ0) is 12.7. The van der Waals surface area contributed by atoms with E-state index < -0.39 is 0 Å². The fourth-order valence-electron chi connectivity index (χ4n) is 1.58. The number of hydrogen-bond donors (Lipinski definition) is 0. The van der Waals surface area contributed by atoms with Crippen molar-refractivity contribution in [3.8, 4) is 0 Å². The molecule has 0 fully saturated rings. The normalized spacial score (nSPS) is 14.1.